The zero-order chi connectivity index (χ0) is 13.8. The average Bonchev–Trinajstić information content (AvgIpc) is 2.51. The summed E-state index contributed by atoms with van der Waals surface area (Å²) in [6.45, 7) is 0. The Balaban J connectivity index is 1.86. The molecule has 0 unspecified atom stereocenters. The average molecular weight is 261 g/mol. The van der Waals surface area contributed by atoms with Crippen LogP contribution in [-0.4, -0.2) is 0 Å². The third-order valence-electron chi connectivity index (χ3n) is 3.30. The van der Waals surface area contributed by atoms with E-state index in [9.17, 15) is 4.39 Å². The lowest BCUT2D eigenvalue weighted by Gasteiger charge is -2.06. The third kappa shape index (κ3) is 2.94. The van der Waals surface area contributed by atoms with Crippen molar-refractivity contribution in [1.29, 1.82) is 0 Å². The first-order valence-corrected chi connectivity index (χ1v) is 6.61. The van der Waals surface area contributed by atoms with Gasteiger partial charge >= 0.3 is 0 Å². The molecule has 3 rings (SSSR count). The number of benzene rings is 3. The molecule has 3 aromatic rings. The predicted molar refractivity (Wildman–Crippen MR) is 79.9 cm³/mol. The summed E-state index contributed by atoms with van der Waals surface area (Å²) in [4.78, 5) is 0. The van der Waals surface area contributed by atoms with Crippen molar-refractivity contribution in [2.45, 2.75) is 6.42 Å². The second-order valence-corrected chi connectivity index (χ2v) is 4.79. The lowest BCUT2D eigenvalue weighted by Crippen LogP contribution is -1.89. The van der Waals surface area contributed by atoms with Crippen LogP contribution in [0.4, 0.5) is 4.39 Å². The molecule has 0 fully saturated rings. The van der Waals surface area contributed by atoms with Crippen LogP contribution in [0.15, 0.2) is 72.8 Å². The molecular formula is C19H14F. The predicted octanol–water partition coefficient (Wildman–Crippen LogP) is 4.88. The third-order valence-corrected chi connectivity index (χ3v) is 3.30. The first kappa shape index (κ1) is 12.6. The van der Waals surface area contributed by atoms with E-state index in [1.54, 1.807) is 0 Å². The van der Waals surface area contributed by atoms with Crippen molar-refractivity contribution < 1.29 is 4.39 Å². The van der Waals surface area contributed by atoms with Crippen LogP contribution >= 0.6 is 0 Å². The molecule has 0 saturated heterocycles. The van der Waals surface area contributed by atoms with Gasteiger partial charge in [0.05, 0.1) is 0 Å². The van der Waals surface area contributed by atoms with Gasteiger partial charge in [-0.15, -0.1) is 0 Å². The summed E-state index contributed by atoms with van der Waals surface area (Å²) in [6.07, 6.45) is 0.813. The normalized spacial score (nSPS) is 10.4. The fourth-order valence-electron chi connectivity index (χ4n) is 2.28. The van der Waals surface area contributed by atoms with Gasteiger partial charge in [0.15, 0.2) is 0 Å². The summed E-state index contributed by atoms with van der Waals surface area (Å²) in [5.74, 6) is -0.192. The van der Waals surface area contributed by atoms with Crippen LogP contribution in [0.2, 0.25) is 0 Å². The topological polar surface area (TPSA) is 0 Å². The highest BCUT2D eigenvalue weighted by molar-refractivity contribution is 5.64. The van der Waals surface area contributed by atoms with Gasteiger partial charge in [0.1, 0.15) is 5.82 Å². The van der Waals surface area contributed by atoms with Crippen LogP contribution in [0, 0.1) is 11.9 Å². The van der Waals surface area contributed by atoms with E-state index >= 15 is 0 Å². The second kappa shape index (κ2) is 5.70. The van der Waals surface area contributed by atoms with Gasteiger partial charge in [-0.2, -0.15) is 0 Å². The molecule has 0 amide bonds. The monoisotopic (exact) mass is 261 g/mol. The van der Waals surface area contributed by atoms with E-state index in [4.69, 9.17) is 0 Å². The van der Waals surface area contributed by atoms with Crippen molar-refractivity contribution in [3.8, 4) is 11.1 Å². The summed E-state index contributed by atoms with van der Waals surface area (Å²) in [5, 5.41) is 0. The van der Waals surface area contributed by atoms with Gasteiger partial charge in [0.25, 0.3) is 0 Å². The van der Waals surface area contributed by atoms with Crippen molar-refractivity contribution in [3.05, 3.63) is 95.8 Å². The maximum absolute atomic E-state index is 12.9. The minimum Gasteiger partial charge on any atom is -0.207 e. The quantitative estimate of drug-likeness (QED) is 0.630. The highest BCUT2D eigenvalue weighted by Gasteiger charge is 2.00. The van der Waals surface area contributed by atoms with Crippen molar-refractivity contribution in [3.63, 3.8) is 0 Å². The molecule has 3 aromatic carbocycles. The van der Waals surface area contributed by atoms with Gasteiger partial charge in [-0.25, -0.2) is 4.39 Å². The fraction of sp³-hybridized carbons (Fsp3) is 0.0526. The SMILES string of the molecule is Fc1ccc(Cc2cccc(-c3cc[c]cc3)c2)cc1. The zero-order valence-electron chi connectivity index (χ0n) is 11.0. The van der Waals surface area contributed by atoms with Crippen LogP contribution in [-0.2, 0) is 6.42 Å². The van der Waals surface area contributed by atoms with E-state index < -0.39 is 0 Å². The van der Waals surface area contributed by atoms with E-state index in [-0.39, 0.29) is 5.82 Å². The maximum atomic E-state index is 12.9. The van der Waals surface area contributed by atoms with Crippen LogP contribution in [0.1, 0.15) is 11.1 Å². The van der Waals surface area contributed by atoms with E-state index in [1.807, 2.05) is 24.3 Å². The molecule has 1 heteroatoms. The Morgan fingerprint density at radius 2 is 1.50 bits per heavy atom. The van der Waals surface area contributed by atoms with E-state index in [2.05, 4.69) is 42.5 Å². The molecule has 0 bridgehead atoms. The summed E-state index contributed by atoms with van der Waals surface area (Å²) in [6, 6.07) is 26.1. The second-order valence-electron chi connectivity index (χ2n) is 4.79. The molecule has 1 radical (unpaired) electrons. The summed E-state index contributed by atoms with van der Waals surface area (Å²) in [5.41, 5.74) is 4.72. The standard InChI is InChI=1S/C19H14F/c20-19-11-9-15(10-12-19)13-16-5-4-8-18(14-16)17-6-2-1-3-7-17/h2-12,14H,13H2. The molecule has 0 aliphatic carbocycles. The highest BCUT2D eigenvalue weighted by atomic mass is 19.1. The number of rotatable bonds is 3. The molecule has 0 aromatic heterocycles. The van der Waals surface area contributed by atoms with Crippen LogP contribution in [0.3, 0.4) is 0 Å². The maximum Gasteiger partial charge on any atom is 0.123 e. The molecule has 0 atom stereocenters. The lowest BCUT2D eigenvalue weighted by molar-refractivity contribution is 0.627. The highest BCUT2D eigenvalue weighted by Crippen LogP contribution is 2.21. The molecule has 0 nitrogen and oxygen atoms in total. The molecule has 0 spiro atoms. The smallest absolute Gasteiger partial charge is 0.123 e. The lowest BCUT2D eigenvalue weighted by atomic mass is 9.99. The Morgan fingerprint density at radius 1 is 0.750 bits per heavy atom. The van der Waals surface area contributed by atoms with E-state index in [1.165, 1.54) is 28.8 Å². The minimum atomic E-state index is -0.192. The summed E-state index contributed by atoms with van der Waals surface area (Å²) >= 11 is 0. The molecule has 0 N–H and O–H groups in total. The number of halogens is 1. The first-order chi connectivity index (χ1) is 9.81. The molecule has 0 aliphatic heterocycles. The zero-order valence-corrected chi connectivity index (χ0v) is 11.0. The largest absolute Gasteiger partial charge is 0.207 e. The molecule has 0 saturated carbocycles. The van der Waals surface area contributed by atoms with Gasteiger partial charge in [0.2, 0.25) is 0 Å². The van der Waals surface area contributed by atoms with Crippen LogP contribution in [0.25, 0.3) is 11.1 Å². The van der Waals surface area contributed by atoms with Crippen molar-refractivity contribution in [2.75, 3.05) is 0 Å². The van der Waals surface area contributed by atoms with Gasteiger partial charge < -0.3 is 0 Å². The molecule has 0 aliphatic rings. The summed E-state index contributed by atoms with van der Waals surface area (Å²) < 4.78 is 12.9. The van der Waals surface area contributed by atoms with E-state index in [0.29, 0.717) is 0 Å². The fourth-order valence-corrected chi connectivity index (χ4v) is 2.28. The summed E-state index contributed by atoms with van der Waals surface area (Å²) in [7, 11) is 0. The van der Waals surface area contributed by atoms with Gasteiger partial charge in [0, 0.05) is 0 Å². The van der Waals surface area contributed by atoms with Crippen molar-refractivity contribution >= 4 is 0 Å². The number of hydrogen-bond donors (Lipinski definition) is 0. The Morgan fingerprint density at radius 3 is 2.25 bits per heavy atom. The minimum absolute atomic E-state index is 0.192. The van der Waals surface area contributed by atoms with Crippen molar-refractivity contribution in [1.82, 2.24) is 0 Å². The number of hydrogen-bond acceptors (Lipinski definition) is 0. The van der Waals surface area contributed by atoms with Gasteiger partial charge in [-0.05, 0) is 46.9 Å². The van der Waals surface area contributed by atoms with Crippen LogP contribution in [0.5, 0.6) is 0 Å². The van der Waals surface area contributed by atoms with Gasteiger partial charge in [-0.3, -0.25) is 0 Å². The molecule has 0 heterocycles. The Bertz CT molecular complexity index is 684. The van der Waals surface area contributed by atoms with Crippen molar-refractivity contribution in [2.24, 2.45) is 0 Å². The Hall–Kier alpha value is -2.41. The Kier molecular flexibility index (Phi) is 3.60. The molecule has 20 heavy (non-hydrogen) atoms. The molecule has 97 valence electrons. The van der Waals surface area contributed by atoms with E-state index in [0.717, 1.165) is 12.0 Å². The molecular weight excluding hydrogens is 247 g/mol. The van der Waals surface area contributed by atoms with Crippen LogP contribution < -0.4 is 0 Å². The first-order valence-electron chi connectivity index (χ1n) is 6.61. The Labute approximate surface area is 118 Å². The van der Waals surface area contributed by atoms with Gasteiger partial charge in [-0.1, -0.05) is 60.7 Å².